The van der Waals surface area contributed by atoms with E-state index >= 15 is 0 Å². The van der Waals surface area contributed by atoms with Crippen molar-refractivity contribution >= 4 is 28.1 Å². The Hall–Kier alpha value is -2.98. The molecule has 0 aliphatic heterocycles. The second-order valence-electron chi connectivity index (χ2n) is 6.39. The summed E-state index contributed by atoms with van der Waals surface area (Å²) in [6.07, 6.45) is 1.87. The third-order valence-electron chi connectivity index (χ3n) is 4.51. The molecule has 0 spiro atoms. The number of para-hydroxylation sites is 1. The second kappa shape index (κ2) is 8.14. The molecule has 0 saturated carbocycles. The molecule has 0 aliphatic carbocycles. The largest absolute Gasteiger partial charge is 0.352 e. The summed E-state index contributed by atoms with van der Waals surface area (Å²) in [5, 5.41) is 5.98. The molecular formula is C23H20N2OS. The minimum Gasteiger partial charge on any atom is -0.352 e. The number of amides is 1. The van der Waals surface area contributed by atoms with Crippen LogP contribution in [0.3, 0.4) is 0 Å². The summed E-state index contributed by atoms with van der Waals surface area (Å²) in [7, 11) is 0. The minimum atomic E-state index is -0.0422. The van der Waals surface area contributed by atoms with Gasteiger partial charge in [0.25, 0.3) is 5.91 Å². The second-order valence-corrected chi connectivity index (χ2v) is 7.34. The van der Waals surface area contributed by atoms with Gasteiger partial charge in [-0.05, 0) is 42.0 Å². The molecule has 1 N–H and O–H groups in total. The number of aromatic nitrogens is 1. The van der Waals surface area contributed by atoms with Crippen LogP contribution in [0.2, 0.25) is 0 Å². The minimum absolute atomic E-state index is 0.0422. The van der Waals surface area contributed by atoms with Gasteiger partial charge in [-0.3, -0.25) is 4.79 Å². The van der Waals surface area contributed by atoms with Crippen LogP contribution in [0.5, 0.6) is 0 Å². The lowest BCUT2D eigenvalue weighted by molar-refractivity contribution is 0.0955. The Bertz CT molecular complexity index is 1040. The van der Waals surface area contributed by atoms with Crippen LogP contribution in [0.15, 0.2) is 78.2 Å². The molecule has 0 fully saturated rings. The van der Waals surface area contributed by atoms with Crippen LogP contribution >= 0.6 is 11.3 Å². The summed E-state index contributed by atoms with van der Waals surface area (Å²) in [5.41, 5.74) is 3.67. The molecule has 4 aromatic rings. The van der Waals surface area contributed by atoms with Gasteiger partial charge in [-0.2, -0.15) is 0 Å². The number of carbonyl (C=O) groups is 1. The monoisotopic (exact) mass is 372 g/mol. The van der Waals surface area contributed by atoms with Crippen LogP contribution in [0, 0.1) is 0 Å². The number of benzene rings is 2. The first-order chi connectivity index (χ1) is 13.3. The van der Waals surface area contributed by atoms with Crippen molar-refractivity contribution in [3.8, 4) is 10.6 Å². The van der Waals surface area contributed by atoms with Crippen molar-refractivity contribution in [2.24, 2.45) is 0 Å². The van der Waals surface area contributed by atoms with Gasteiger partial charge in [0.05, 0.1) is 21.7 Å². The third-order valence-corrected chi connectivity index (χ3v) is 5.40. The molecular weight excluding hydrogens is 352 g/mol. The predicted molar refractivity (Wildman–Crippen MR) is 112 cm³/mol. The van der Waals surface area contributed by atoms with Crippen LogP contribution in [0.25, 0.3) is 21.5 Å². The molecule has 2 aromatic heterocycles. The predicted octanol–water partition coefficient (Wildman–Crippen LogP) is 5.33. The highest BCUT2D eigenvalue weighted by Crippen LogP contribution is 2.27. The van der Waals surface area contributed by atoms with Crippen LogP contribution in [-0.2, 0) is 6.42 Å². The van der Waals surface area contributed by atoms with Gasteiger partial charge in [0.1, 0.15) is 0 Å². The number of fused-ring (bicyclic) bond motifs is 1. The molecule has 0 radical (unpaired) electrons. The summed E-state index contributed by atoms with van der Waals surface area (Å²) < 4.78 is 0. The SMILES string of the molecule is O=C(NCCCc1ccccc1)c1cc(-c2cccs2)nc2ccccc12. The molecule has 4 heteroatoms. The standard InChI is InChI=1S/C23H20N2OS/c26-23(24-14-6-10-17-8-2-1-3-9-17)19-16-21(22-13-7-15-27-22)25-20-12-5-4-11-18(19)20/h1-5,7-9,11-13,15-16H,6,10,14H2,(H,24,26). The molecule has 2 heterocycles. The van der Waals surface area contributed by atoms with E-state index in [1.54, 1.807) is 11.3 Å². The normalized spacial score (nSPS) is 10.8. The average molecular weight is 372 g/mol. The van der Waals surface area contributed by atoms with Crippen LogP contribution in [-0.4, -0.2) is 17.4 Å². The summed E-state index contributed by atoms with van der Waals surface area (Å²) in [6.45, 7) is 0.652. The first kappa shape index (κ1) is 17.4. The number of pyridine rings is 1. The Morgan fingerprint density at radius 1 is 0.963 bits per heavy atom. The molecule has 0 aliphatic rings. The van der Waals surface area contributed by atoms with E-state index in [4.69, 9.17) is 4.98 Å². The Morgan fingerprint density at radius 3 is 2.59 bits per heavy atom. The molecule has 4 rings (SSSR count). The molecule has 27 heavy (non-hydrogen) atoms. The molecule has 1 amide bonds. The third kappa shape index (κ3) is 4.07. The Balaban J connectivity index is 1.52. The number of hydrogen-bond donors (Lipinski definition) is 1. The van der Waals surface area contributed by atoms with Gasteiger partial charge in [-0.25, -0.2) is 4.98 Å². The number of thiophene rings is 1. The average Bonchev–Trinajstić information content (AvgIpc) is 3.26. The lowest BCUT2D eigenvalue weighted by Gasteiger charge is -2.10. The number of hydrogen-bond acceptors (Lipinski definition) is 3. The van der Waals surface area contributed by atoms with Gasteiger partial charge >= 0.3 is 0 Å². The van der Waals surface area contributed by atoms with E-state index in [9.17, 15) is 4.79 Å². The van der Waals surface area contributed by atoms with Crippen LogP contribution in [0.4, 0.5) is 0 Å². The van der Waals surface area contributed by atoms with Crippen molar-refractivity contribution in [3.05, 3.63) is 89.3 Å². The summed E-state index contributed by atoms with van der Waals surface area (Å²) in [6, 6.07) is 24.1. The highest BCUT2D eigenvalue weighted by molar-refractivity contribution is 7.13. The fraction of sp³-hybridized carbons (Fsp3) is 0.130. The molecule has 134 valence electrons. The Labute approximate surface area is 162 Å². The van der Waals surface area contributed by atoms with Gasteiger partial charge < -0.3 is 5.32 Å². The van der Waals surface area contributed by atoms with E-state index in [2.05, 4.69) is 17.4 Å². The maximum absolute atomic E-state index is 12.9. The number of nitrogens with one attached hydrogen (secondary N) is 1. The van der Waals surface area contributed by atoms with Crippen molar-refractivity contribution < 1.29 is 4.79 Å². The number of rotatable bonds is 6. The van der Waals surface area contributed by atoms with Crippen LogP contribution < -0.4 is 5.32 Å². The van der Waals surface area contributed by atoms with Gasteiger partial charge in [0.2, 0.25) is 0 Å². The van der Waals surface area contributed by atoms with E-state index in [0.29, 0.717) is 12.1 Å². The van der Waals surface area contributed by atoms with Crippen molar-refractivity contribution in [2.75, 3.05) is 6.54 Å². The molecule has 0 bridgehead atoms. The van der Waals surface area contributed by atoms with E-state index < -0.39 is 0 Å². The maximum atomic E-state index is 12.9. The lowest BCUT2D eigenvalue weighted by atomic mass is 10.1. The first-order valence-corrected chi connectivity index (χ1v) is 9.95. The molecule has 0 atom stereocenters. The molecule has 0 saturated heterocycles. The van der Waals surface area contributed by atoms with E-state index in [0.717, 1.165) is 34.3 Å². The molecule has 3 nitrogen and oxygen atoms in total. The highest BCUT2D eigenvalue weighted by Gasteiger charge is 2.14. The Kier molecular flexibility index (Phi) is 5.26. The van der Waals surface area contributed by atoms with Gasteiger partial charge in [-0.1, -0.05) is 54.6 Å². The first-order valence-electron chi connectivity index (χ1n) is 9.07. The zero-order valence-electron chi connectivity index (χ0n) is 14.9. The zero-order valence-corrected chi connectivity index (χ0v) is 15.7. The molecule has 2 aromatic carbocycles. The lowest BCUT2D eigenvalue weighted by Crippen LogP contribution is -2.25. The summed E-state index contributed by atoms with van der Waals surface area (Å²) in [4.78, 5) is 18.7. The van der Waals surface area contributed by atoms with Gasteiger partial charge in [0.15, 0.2) is 0 Å². The van der Waals surface area contributed by atoms with E-state index in [-0.39, 0.29) is 5.91 Å². The van der Waals surface area contributed by atoms with E-state index in [1.165, 1.54) is 5.56 Å². The fourth-order valence-electron chi connectivity index (χ4n) is 3.15. The van der Waals surface area contributed by atoms with Crippen molar-refractivity contribution in [1.29, 1.82) is 0 Å². The number of aryl methyl sites for hydroxylation is 1. The quantitative estimate of drug-likeness (QED) is 0.465. The fourth-order valence-corrected chi connectivity index (χ4v) is 3.83. The van der Waals surface area contributed by atoms with Gasteiger partial charge in [-0.15, -0.1) is 11.3 Å². The summed E-state index contributed by atoms with van der Waals surface area (Å²) in [5.74, 6) is -0.0422. The van der Waals surface area contributed by atoms with Crippen molar-refractivity contribution in [3.63, 3.8) is 0 Å². The number of nitrogens with zero attached hydrogens (tertiary/aromatic N) is 1. The topological polar surface area (TPSA) is 42.0 Å². The van der Waals surface area contributed by atoms with Gasteiger partial charge in [0, 0.05) is 11.9 Å². The van der Waals surface area contributed by atoms with Crippen molar-refractivity contribution in [2.45, 2.75) is 12.8 Å². The number of carbonyl (C=O) groups excluding carboxylic acids is 1. The van der Waals surface area contributed by atoms with E-state index in [1.807, 2.05) is 66.0 Å². The van der Waals surface area contributed by atoms with Crippen molar-refractivity contribution in [1.82, 2.24) is 10.3 Å². The maximum Gasteiger partial charge on any atom is 0.252 e. The summed E-state index contributed by atoms with van der Waals surface area (Å²) >= 11 is 1.63. The Morgan fingerprint density at radius 2 is 1.78 bits per heavy atom. The molecule has 0 unspecified atom stereocenters. The smallest absolute Gasteiger partial charge is 0.252 e. The zero-order chi connectivity index (χ0) is 18.5. The highest BCUT2D eigenvalue weighted by atomic mass is 32.1. The van der Waals surface area contributed by atoms with Crippen LogP contribution in [0.1, 0.15) is 22.3 Å².